The van der Waals surface area contributed by atoms with Crippen LogP contribution in [0.2, 0.25) is 5.02 Å². The van der Waals surface area contributed by atoms with Crippen LogP contribution in [0.3, 0.4) is 0 Å². The molecule has 1 aromatic carbocycles. The third kappa shape index (κ3) is 4.56. The molecule has 1 N–H and O–H groups in total. The molecule has 8 nitrogen and oxygen atoms in total. The fourth-order valence-electron chi connectivity index (χ4n) is 2.05. The van der Waals surface area contributed by atoms with Crippen molar-refractivity contribution in [2.24, 2.45) is 0 Å². The van der Waals surface area contributed by atoms with Crippen molar-refractivity contribution in [3.05, 3.63) is 47.1 Å². The molecule has 0 amide bonds. The van der Waals surface area contributed by atoms with Gasteiger partial charge < -0.3 is 14.8 Å². The van der Waals surface area contributed by atoms with Gasteiger partial charge in [0.15, 0.2) is 11.6 Å². The Kier molecular flexibility index (Phi) is 5.60. The number of hydrogen-bond donors (Lipinski definition) is 1. The second-order valence-corrected chi connectivity index (χ2v) is 5.44. The monoisotopic (exact) mass is 400 g/mol. The van der Waals surface area contributed by atoms with Crippen LogP contribution in [0.25, 0.3) is 5.69 Å². The van der Waals surface area contributed by atoms with Crippen LogP contribution in [-0.2, 0) is 6.61 Å². The van der Waals surface area contributed by atoms with Crippen molar-refractivity contribution in [1.82, 2.24) is 25.0 Å². The molecule has 0 fully saturated rings. The zero-order valence-corrected chi connectivity index (χ0v) is 14.5. The lowest BCUT2D eigenvalue weighted by atomic mass is 10.3. The van der Waals surface area contributed by atoms with Crippen LogP contribution in [-0.4, -0.2) is 38.6 Å². The molecule has 27 heavy (non-hydrogen) atoms. The number of rotatable bonds is 7. The smallest absolute Gasteiger partial charge is 0.387 e. The van der Waals surface area contributed by atoms with Gasteiger partial charge in [-0.2, -0.15) is 13.8 Å². The quantitative estimate of drug-likeness (QED) is 0.652. The molecule has 3 rings (SSSR count). The molecule has 12 heteroatoms. The first-order chi connectivity index (χ1) is 13.0. The molecule has 0 radical (unpaired) electrons. The van der Waals surface area contributed by atoms with E-state index in [1.807, 2.05) is 0 Å². The van der Waals surface area contributed by atoms with Crippen molar-refractivity contribution in [2.75, 3.05) is 12.4 Å². The molecule has 0 aliphatic heterocycles. The molecule has 142 valence electrons. The van der Waals surface area contributed by atoms with Crippen LogP contribution in [0.4, 0.5) is 19.0 Å². The first-order valence-corrected chi connectivity index (χ1v) is 7.83. The van der Waals surface area contributed by atoms with Crippen molar-refractivity contribution >= 4 is 17.4 Å². The van der Waals surface area contributed by atoms with E-state index in [1.165, 1.54) is 30.1 Å². The molecule has 0 spiro atoms. The van der Waals surface area contributed by atoms with Crippen molar-refractivity contribution in [3.8, 4) is 17.4 Å². The van der Waals surface area contributed by atoms with Gasteiger partial charge in [-0.1, -0.05) is 16.8 Å². The summed E-state index contributed by atoms with van der Waals surface area (Å²) in [5.74, 6) is -0.798. The van der Waals surface area contributed by atoms with Gasteiger partial charge in [-0.3, -0.25) is 0 Å². The minimum absolute atomic E-state index is 0.00335. The lowest BCUT2D eigenvalue weighted by Crippen LogP contribution is -2.04. The average molecular weight is 401 g/mol. The van der Waals surface area contributed by atoms with Gasteiger partial charge in [0.2, 0.25) is 0 Å². The van der Waals surface area contributed by atoms with E-state index >= 15 is 0 Å². The largest absolute Gasteiger partial charge is 0.457 e. The van der Waals surface area contributed by atoms with E-state index in [0.717, 1.165) is 6.20 Å². The number of aromatic nitrogens is 5. The highest BCUT2D eigenvalue weighted by molar-refractivity contribution is 6.32. The van der Waals surface area contributed by atoms with Gasteiger partial charge in [-0.05, 0) is 12.1 Å². The van der Waals surface area contributed by atoms with Crippen LogP contribution in [0.5, 0.6) is 11.8 Å². The number of hydrogen-bond acceptors (Lipinski definition) is 7. The van der Waals surface area contributed by atoms with Gasteiger partial charge in [-0.15, -0.1) is 5.10 Å². The van der Waals surface area contributed by atoms with E-state index in [1.54, 1.807) is 6.07 Å². The van der Waals surface area contributed by atoms with Crippen LogP contribution < -0.4 is 14.8 Å². The Bertz CT molecular complexity index is 940. The normalized spacial score (nSPS) is 10.9. The molecule has 0 atom stereocenters. The first kappa shape index (κ1) is 18.7. The Morgan fingerprint density at radius 2 is 2.15 bits per heavy atom. The molecule has 0 unspecified atom stereocenters. The van der Waals surface area contributed by atoms with Gasteiger partial charge in [0.1, 0.15) is 18.1 Å². The van der Waals surface area contributed by atoms with Gasteiger partial charge in [-0.25, -0.2) is 14.1 Å². The predicted octanol–water partition coefficient (Wildman–Crippen LogP) is 3.07. The molecule has 0 saturated carbocycles. The Labute approximate surface area is 155 Å². The SMILES string of the molecule is CNc1nc(OCc2cn(-c3ccc(Cl)c(OC(F)F)c3)nn2)ncc1F. The molecule has 3 aromatic rings. The lowest BCUT2D eigenvalue weighted by molar-refractivity contribution is -0.0497. The lowest BCUT2D eigenvalue weighted by Gasteiger charge is -2.08. The summed E-state index contributed by atoms with van der Waals surface area (Å²) in [6, 6.07) is 4.21. The molecular formula is C15H12ClF3N6O2. The summed E-state index contributed by atoms with van der Waals surface area (Å²) in [5.41, 5.74) is 0.810. The van der Waals surface area contributed by atoms with Gasteiger partial charge in [0, 0.05) is 13.1 Å². The number of nitrogens with one attached hydrogen (secondary N) is 1. The second-order valence-electron chi connectivity index (χ2n) is 5.04. The van der Waals surface area contributed by atoms with Gasteiger partial charge in [0.25, 0.3) is 0 Å². The minimum atomic E-state index is -3.00. The maximum absolute atomic E-state index is 13.3. The Morgan fingerprint density at radius 3 is 2.89 bits per heavy atom. The summed E-state index contributed by atoms with van der Waals surface area (Å²) in [6.07, 6.45) is 2.49. The van der Waals surface area contributed by atoms with Crippen LogP contribution in [0.15, 0.2) is 30.6 Å². The van der Waals surface area contributed by atoms with Crippen molar-refractivity contribution in [1.29, 1.82) is 0 Å². The van der Waals surface area contributed by atoms with E-state index in [-0.39, 0.29) is 29.2 Å². The average Bonchev–Trinajstić information content (AvgIpc) is 3.11. The van der Waals surface area contributed by atoms with Crippen molar-refractivity contribution in [3.63, 3.8) is 0 Å². The molecule has 0 aliphatic carbocycles. The van der Waals surface area contributed by atoms with E-state index in [9.17, 15) is 13.2 Å². The molecule has 0 saturated heterocycles. The number of halogens is 4. The number of alkyl halides is 2. The molecule has 2 aromatic heterocycles. The third-order valence-corrected chi connectivity index (χ3v) is 3.56. The van der Waals surface area contributed by atoms with Gasteiger partial charge >= 0.3 is 12.6 Å². The van der Waals surface area contributed by atoms with Crippen LogP contribution in [0.1, 0.15) is 5.69 Å². The number of ether oxygens (including phenoxy) is 2. The first-order valence-electron chi connectivity index (χ1n) is 7.45. The molecule has 2 heterocycles. The third-order valence-electron chi connectivity index (χ3n) is 3.24. The second kappa shape index (κ2) is 8.08. The molecule has 0 bridgehead atoms. The van der Waals surface area contributed by atoms with E-state index in [0.29, 0.717) is 11.4 Å². The number of benzene rings is 1. The van der Waals surface area contributed by atoms with E-state index < -0.39 is 12.4 Å². The Morgan fingerprint density at radius 1 is 1.33 bits per heavy atom. The Balaban J connectivity index is 1.72. The minimum Gasteiger partial charge on any atom is -0.457 e. The van der Waals surface area contributed by atoms with Crippen molar-refractivity contribution in [2.45, 2.75) is 13.2 Å². The summed E-state index contributed by atoms with van der Waals surface area (Å²) >= 11 is 5.82. The summed E-state index contributed by atoms with van der Waals surface area (Å²) in [6.45, 7) is -3.04. The number of nitrogens with zero attached hydrogens (tertiary/aromatic N) is 5. The molecular weight excluding hydrogens is 389 g/mol. The fourth-order valence-corrected chi connectivity index (χ4v) is 2.21. The maximum Gasteiger partial charge on any atom is 0.387 e. The topological polar surface area (TPSA) is 87.0 Å². The fraction of sp³-hybridized carbons (Fsp3) is 0.200. The molecule has 0 aliphatic rings. The van der Waals surface area contributed by atoms with Crippen LogP contribution >= 0.6 is 11.6 Å². The number of anilines is 1. The summed E-state index contributed by atoms with van der Waals surface area (Å²) < 4.78 is 49.2. The van der Waals surface area contributed by atoms with E-state index in [2.05, 4.69) is 30.3 Å². The maximum atomic E-state index is 13.3. The zero-order chi connectivity index (χ0) is 19.4. The summed E-state index contributed by atoms with van der Waals surface area (Å²) in [5, 5.41) is 10.4. The zero-order valence-electron chi connectivity index (χ0n) is 13.7. The highest BCUT2D eigenvalue weighted by atomic mass is 35.5. The highest BCUT2D eigenvalue weighted by Gasteiger charge is 2.12. The summed E-state index contributed by atoms with van der Waals surface area (Å²) in [7, 11) is 1.51. The van der Waals surface area contributed by atoms with E-state index in [4.69, 9.17) is 16.3 Å². The summed E-state index contributed by atoms with van der Waals surface area (Å²) in [4.78, 5) is 7.55. The van der Waals surface area contributed by atoms with Gasteiger partial charge in [0.05, 0.1) is 23.1 Å². The Hall–Kier alpha value is -3.08. The predicted molar refractivity (Wildman–Crippen MR) is 88.9 cm³/mol. The van der Waals surface area contributed by atoms with Crippen molar-refractivity contribution < 1.29 is 22.6 Å². The van der Waals surface area contributed by atoms with Crippen LogP contribution in [0, 0.1) is 5.82 Å². The standard InChI is InChI=1S/C15H12ClF3N6O2/c1-20-13-11(17)5-21-15(22-13)26-7-8-6-25(24-23-8)9-2-3-10(16)12(4-9)27-14(18)19/h2-6,14H,7H2,1H3,(H,20,21,22). The highest BCUT2D eigenvalue weighted by Crippen LogP contribution is 2.28.